The Balaban J connectivity index is 1.69. The smallest absolute Gasteiger partial charge is 0.204 e. The standard InChI is InChI=1S/C18H19ClN4O2S/c1-13(2)14-3-5-15(6-4-14)18-20-22-23(21-18)11-12-26(24,25)17-9-7-16(19)8-10-17/h3-10,13H,11-12H2,1-2H3. The summed E-state index contributed by atoms with van der Waals surface area (Å²) in [6.07, 6.45) is 0. The topological polar surface area (TPSA) is 77.7 Å². The number of hydrogen-bond acceptors (Lipinski definition) is 5. The van der Waals surface area contributed by atoms with Crippen molar-refractivity contribution in [3.63, 3.8) is 0 Å². The molecule has 0 aliphatic heterocycles. The number of nitrogens with zero attached hydrogens (tertiary/aromatic N) is 4. The van der Waals surface area contributed by atoms with Crippen LogP contribution in [0.25, 0.3) is 11.4 Å². The summed E-state index contributed by atoms with van der Waals surface area (Å²) in [5.74, 6) is 0.812. The first kappa shape index (κ1) is 18.5. The van der Waals surface area contributed by atoms with Crippen LogP contribution >= 0.6 is 11.6 Å². The lowest BCUT2D eigenvalue weighted by Crippen LogP contribution is -2.15. The number of halogens is 1. The highest BCUT2D eigenvalue weighted by molar-refractivity contribution is 7.91. The van der Waals surface area contributed by atoms with E-state index < -0.39 is 9.84 Å². The highest BCUT2D eigenvalue weighted by Crippen LogP contribution is 2.19. The van der Waals surface area contributed by atoms with Gasteiger partial charge in [0.25, 0.3) is 0 Å². The Bertz CT molecular complexity index is 981. The Hall–Kier alpha value is -2.25. The van der Waals surface area contributed by atoms with Crippen molar-refractivity contribution in [2.24, 2.45) is 0 Å². The molecule has 0 atom stereocenters. The normalized spacial score (nSPS) is 11.8. The van der Waals surface area contributed by atoms with Crippen molar-refractivity contribution < 1.29 is 8.42 Å². The van der Waals surface area contributed by atoms with Gasteiger partial charge in [0.2, 0.25) is 5.82 Å². The number of tetrazole rings is 1. The number of sulfone groups is 1. The van der Waals surface area contributed by atoms with E-state index in [0.29, 0.717) is 16.8 Å². The minimum atomic E-state index is -3.43. The SMILES string of the molecule is CC(C)c1ccc(-c2nnn(CCS(=O)(=O)c3ccc(Cl)cc3)n2)cc1. The molecule has 8 heteroatoms. The van der Waals surface area contributed by atoms with Crippen molar-refractivity contribution in [2.75, 3.05) is 5.75 Å². The molecule has 0 saturated heterocycles. The maximum atomic E-state index is 12.4. The fraction of sp³-hybridized carbons (Fsp3) is 0.278. The van der Waals surface area contributed by atoms with E-state index in [1.807, 2.05) is 24.3 Å². The van der Waals surface area contributed by atoms with Crippen molar-refractivity contribution in [2.45, 2.75) is 31.2 Å². The highest BCUT2D eigenvalue weighted by Gasteiger charge is 2.16. The molecular formula is C18H19ClN4O2S. The second-order valence-corrected chi connectivity index (χ2v) is 8.80. The van der Waals surface area contributed by atoms with Gasteiger partial charge in [-0.25, -0.2) is 8.42 Å². The number of benzene rings is 2. The van der Waals surface area contributed by atoms with Gasteiger partial charge in [-0.1, -0.05) is 49.7 Å². The van der Waals surface area contributed by atoms with E-state index in [2.05, 4.69) is 29.3 Å². The fourth-order valence-electron chi connectivity index (χ4n) is 2.43. The van der Waals surface area contributed by atoms with Crippen LogP contribution < -0.4 is 0 Å². The van der Waals surface area contributed by atoms with Crippen LogP contribution in [0.3, 0.4) is 0 Å². The van der Waals surface area contributed by atoms with E-state index in [0.717, 1.165) is 5.56 Å². The first-order valence-corrected chi connectivity index (χ1v) is 10.2. The van der Waals surface area contributed by atoms with Gasteiger partial charge in [-0.2, -0.15) is 4.80 Å². The van der Waals surface area contributed by atoms with Gasteiger partial charge in [-0.05, 0) is 41.0 Å². The zero-order valence-corrected chi connectivity index (χ0v) is 16.1. The molecule has 0 fully saturated rings. The van der Waals surface area contributed by atoms with Crippen LogP contribution in [0.2, 0.25) is 5.02 Å². The molecule has 3 rings (SSSR count). The first-order chi connectivity index (χ1) is 12.3. The van der Waals surface area contributed by atoms with E-state index in [-0.39, 0.29) is 17.2 Å². The van der Waals surface area contributed by atoms with Crippen LogP contribution in [0.15, 0.2) is 53.4 Å². The van der Waals surface area contributed by atoms with E-state index in [1.54, 1.807) is 12.1 Å². The third kappa shape index (κ3) is 4.28. The van der Waals surface area contributed by atoms with Gasteiger partial charge < -0.3 is 0 Å². The third-order valence-electron chi connectivity index (χ3n) is 4.02. The second kappa shape index (κ2) is 7.55. The molecule has 0 aliphatic carbocycles. The molecule has 0 N–H and O–H groups in total. The molecule has 0 amide bonds. The molecule has 1 aromatic heterocycles. The number of rotatable bonds is 6. The second-order valence-electron chi connectivity index (χ2n) is 6.26. The predicted molar refractivity (Wildman–Crippen MR) is 101 cm³/mol. The number of hydrogen-bond donors (Lipinski definition) is 0. The Morgan fingerprint density at radius 2 is 1.69 bits per heavy atom. The zero-order valence-electron chi connectivity index (χ0n) is 14.5. The van der Waals surface area contributed by atoms with Crippen LogP contribution in [-0.4, -0.2) is 34.4 Å². The van der Waals surface area contributed by atoms with Gasteiger partial charge in [-0.3, -0.25) is 0 Å². The van der Waals surface area contributed by atoms with Crippen molar-refractivity contribution in [3.05, 3.63) is 59.1 Å². The number of aryl methyl sites for hydroxylation is 1. The van der Waals surface area contributed by atoms with Crippen LogP contribution in [-0.2, 0) is 16.4 Å². The van der Waals surface area contributed by atoms with Gasteiger partial charge in [0, 0.05) is 10.6 Å². The monoisotopic (exact) mass is 390 g/mol. The van der Waals surface area contributed by atoms with Crippen LogP contribution in [0.1, 0.15) is 25.3 Å². The van der Waals surface area contributed by atoms with Gasteiger partial charge in [0.15, 0.2) is 9.84 Å². The molecule has 0 bridgehead atoms. The summed E-state index contributed by atoms with van der Waals surface area (Å²) in [5, 5.41) is 12.7. The molecule has 0 spiro atoms. The highest BCUT2D eigenvalue weighted by atomic mass is 35.5. The summed E-state index contributed by atoms with van der Waals surface area (Å²) in [7, 11) is -3.43. The molecule has 26 heavy (non-hydrogen) atoms. The summed E-state index contributed by atoms with van der Waals surface area (Å²) >= 11 is 5.80. The summed E-state index contributed by atoms with van der Waals surface area (Å²) in [6, 6.07) is 14.1. The van der Waals surface area contributed by atoms with Crippen molar-refractivity contribution in [1.29, 1.82) is 0 Å². The minimum absolute atomic E-state index is 0.114. The van der Waals surface area contributed by atoms with Crippen LogP contribution in [0, 0.1) is 0 Å². The molecular weight excluding hydrogens is 372 g/mol. The molecule has 2 aromatic carbocycles. The van der Waals surface area contributed by atoms with Gasteiger partial charge in [0.05, 0.1) is 17.2 Å². The van der Waals surface area contributed by atoms with E-state index in [9.17, 15) is 8.42 Å². The molecule has 3 aromatic rings. The molecule has 0 radical (unpaired) electrons. The summed E-state index contributed by atoms with van der Waals surface area (Å²) in [6.45, 7) is 4.39. The first-order valence-electron chi connectivity index (χ1n) is 8.21. The lowest BCUT2D eigenvalue weighted by atomic mass is 10.0. The van der Waals surface area contributed by atoms with Gasteiger partial charge in [0.1, 0.15) is 0 Å². The molecule has 136 valence electrons. The van der Waals surface area contributed by atoms with Crippen LogP contribution in [0.5, 0.6) is 0 Å². The average Bonchev–Trinajstić information content (AvgIpc) is 3.10. The molecule has 1 heterocycles. The van der Waals surface area contributed by atoms with Crippen molar-refractivity contribution in [1.82, 2.24) is 20.2 Å². The Morgan fingerprint density at radius 3 is 2.31 bits per heavy atom. The Morgan fingerprint density at radius 1 is 1.04 bits per heavy atom. The maximum Gasteiger partial charge on any atom is 0.204 e. The molecule has 0 aliphatic rings. The van der Waals surface area contributed by atoms with E-state index in [4.69, 9.17) is 11.6 Å². The Labute approximate surface area is 157 Å². The predicted octanol–water partition coefficient (Wildman–Crippen LogP) is 3.59. The third-order valence-corrected chi connectivity index (χ3v) is 5.98. The Kier molecular flexibility index (Phi) is 5.38. The largest absolute Gasteiger partial charge is 0.224 e. The quantitative estimate of drug-likeness (QED) is 0.642. The summed E-state index contributed by atoms with van der Waals surface area (Å²) in [5.41, 5.74) is 2.08. The van der Waals surface area contributed by atoms with Crippen molar-refractivity contribution in [3.8, 4) is 11.4 Å². The zero-order chi connectivity index (χ0) is 18.7. The fourth-order valence-corrected chi connectivity index (χ4v) is 3.75. The lowest BCUT2D eigenvalue weighted by Gasteiger charge is -2.05. The summed E-state index contributed by atoms with van der Waals surface area (Å²) < 4.78 is 24.7. The van der Waals surface area contributed by atoms with Crippen LogP contribution in [0.4, 0.5) is 0 Å². The van der Waals surface area contributed by atoms with Crippen molar-refractivity contribution >= 4 is 21.4 Å². The molecule has 0 saturated carbocycles. The average molecular weight is 391 g/mol. The lowest BCUT2D eigenvalue weighted by molar-refractivity contribution is 0.538. The maximum absolute atomic E-state index is 12.4. The molecule has 6 nitrogen and oxygen atoms in total. The van der Waals surface area contributed by atoms with E-state index in [1.165, 1.54) is 22.5 Å². The minimum Gasteiger partial charge on any atom is -0.224 e. The van der Waals surface area contributed by atoms with Gasteiger partial charge in [-0.15, -0.1) is 10.2 Å². The number of aromatic nitrogens is 4. The van der Waals surface area contributed by atoms with E-state index >= 15 is 0 Å². The van der Waals surface area contributed by atoms with Gasteiger partial charge >= 0.3 is 0 Å². The summed E-state index contributed by atoms with van der Waals surface area (Å²) in [4.78, 5) is 1.53. The molecule has 0 unspecified atom stereocenters.